The SMILES string of the molecule is CCN1CC(=O)N2[C@@H](c3ccccc3)C(=O)N(Cc3cccc(C(F)(F)F)c3)C[C@@H]2N1C(=O)NCc1ccccc1. The molecule has 0 unspecified atom stereocenters. The van der Waals surface area contributed by atoms with E-state index in [2.05, 4.69) is 5.32 Å². The van der Waals surface area contributed by atoms with Crippen LogP contribution < -0.4 is 5.32 Å². The monoisotopic (exact) mass is 565 g/mol. The van der Waals surface area contributed by atoms with Crippen LogP contribution in [-0.4, -0.2) is 63.5 Å². The molecule has 214 valence electrons. The van der Waals surface area contributed by atoms with E-state index >= 15 is 0 Å². The molecule has 3 aromatic rings. The molecule has 2 heterocycles. The molecular formula is C30H30F3N5O3. The van der Waals surface area contributed by atoms with Crippen LogP contribution in [0.2, 0.25) is 0 Å². The fourth-order valence-electron chi connectivity index (χ4n) is 5.38. The molecule has 0 bridgehead atoms. The number of carbonyl (C=O) groups is 3. The summed E-state index contributed by atoms with van der Waals surface area (Å²) in [5.74, 6) is -0.738. The predicted octanol–water partition coefficient (Wildman–Crippen LogP) is 4.41. The molecule has 2 saturated heterocycles. The summed E-state index contributed by atoms with van der Waals surface area (Å²) in [7, 11) is 0. The van der Waals surface area contributed by atoms with Crippen molar-refractivity contribution >= 4 is 17.8 Å². The number of carbonyl (C=O) groups excluding carboxylic acids is 3. The third-order valence-electron chi connectivity index (χ3n) is 7.32. The highest BCUT2D eigenvalue weighted by Crippen LogP contribution is 2.36. The summed E-state index contributed by atoms with van der Waals surface area (Å²) >= 11 is 0. The number of hydrogen-bond donors (Lipinski definition) is 1. The molecule has 0 saturated carbocycles. The highest BCUT2D eigenvalue weighted by atomic mass is 19.4. The lowest BCUT2D eigenvalue weighted by atomic mass is 9.98. The average molecular weight is 566 g/mol. The molecule has 0 radical (unpaired) electrons. The Hall–Kier alpha value is -4.38. The highest BCUT2D eigenvalue weighted by molar-refractivity contribution is 5.92. The van der Waals surface area contributed by atoms with E-state index in [0.717, 1.165) is 17.7 Å². The zero-order chi connectivity index (χ0) is 29.1. The normalized spacial score (nSPS) is 19.8. The van der Waals surface area contributed by atoms with E-state index in [1.165, 1.54) is 26.9 Å². The van der Waals surface area contributed by atoms with Gasteiger partial charge in [0, 0.05) is 19.6 Å². The average Bonchev–Trinajstić information content (AvgIpc) is 2.97. The summed E-state index contributed by atoms with van der Waals surface area (Å²) in [5.41, 5.74) is 0.927. The van der Waals surface area contributed by atoms with Crippen molar-refractivity contribution in [2.75, 3.05) is 19.6 Å². The number of benzene rings is 3. The minimum atomic E-state index is -4.53. The predicted molar refractivity (Wildman–Crippen MR) is 144 cm³/mol. The van der Waals surface area contributed by atoms with E-state index in [4.69, 9.17) is 0 Å². The van der Waals surface area contributed by atoms with Crippen molar-refractivity contribution in [1.82, 2.24) is 25.1 Å². The second kappa shape index (κ2) is 11.6. The number of urea groups is 1. The number of hydrogen-bond acceptors (Lipinski definition) is 4. The standard InChI is InChI=1S/C30H30F3N5O3/c1-2-36-20-26(39)37-25(38(36)29(41)34-17-21-10-5-3-6-11-21)19-35(28(40)27(37)23-13-7-4-8-14-23)18-22-12-9-15-24(16-22)30(31,32)33/h3-16,25,27H,2,17-20H2,1H3,(H,34,41)/t25-,27-/m0/s1. The van der Waals surface area contributed by atoms with Crippen LogP contribution in [0, 0.1) is 0 Å². The van der Waals surface area contributed by atoms with Crippen LogP contribution in [0.5, 0.6) is 0 Å². The molecule has 11 heteroatoms. The zero-order valence-corrected chi connectivity index (χ0v) is 22.4. The molecule has 8 nitrogen and oxygen atoms in total. The van der Waals surface area contributed by atoms with Gasteiger partial charge in [-0.1, -0.05) is 79.7 Å². The molecule has 2 atom stereocenters. The first-order chi connectivity index (χ1) is 19.7. The molecule has 5 rings (SSSR count). The molecule has 2 fully saturated rings. The number of piperazine rings is 1. The lowest BCUT2D eigenvalue weighted by Crippen LogP contribution is -2.74. The first-order valence-electron chi connectivity index (χ1n) is 13.3. The fourth-order valence-corrected chi connectivity index (χ4v) is 5.38. The molecule has 0 aliphatic carbocycles. The Balaban J connectivity index is 1.50. The number of fused-ring (bicyclic) bond motifs is 1. The van der Waals surface area contributed by atoms with Crippen molar-refractivity contribution < 1.29 is 27.6 Å². The van der Waals surface area contributed by atoms with Gasteiger partial charge >= 0.3 is 12.2 Å². The van der Waals surface area contributed by atoms with Gasteiger partial charge in [-0.05, 0) is 28.8 Å². The molecule has 0 aromatic heterocycles. The van der Waals surface area contributed by atoms with E-state index in [1.54, 1.807) is 35.3 Å². The van der Waals surface area contributed by atoms with Crippen molar-refractivity contribution in [3.8, 4) is 0 Å². The topological polar surface area (TPSA) is 76.2 Å². The summed E-state index contributed by atoms with van der Waals surface area (Å²) < 4.78 is 40.2. The van der Waals surface area contributed by atoms with Crippen LogP contribution >= 0.6 is 0 Å². The summed E-state index contributed by atoms with van der Waals surface area (Å²) in [4.78, 5) is 44.0. The Bertz CT molecular complexity index is 1400. The molecule has 0 spiro atoms. The molecule has 41 heavy (non-hydrogen) atoms. The second-order valence-electron chi connectivity index (χ2n) is 9.98. The van der Waals surface area contributed by atoms with Crippen LogP contribution in [0.3, 0.4) is 0 Å². The third kappa shape index (κ3) is 5.90. The molecule has 2 aliphatic rings. The summed E-state index contributed by atoms with van der Waals surface area (Å²) in [6.07, 6.45) is -5.41. The Labute approximate surface area is 235 Å². The Morgan fingerprint density at radius 1 is 0.927 bits per heavy atom. The summed E-state index contributed by atoms with van der Waals surface area (Å²) in [6.45, 7) is 2.14. The number of hydrazine groups is 1. The van der Waals surface area contributed by atoms with Gasteiger partial charge in [0.05, 0.1) is 18.7 Å². The first-order valence-corrected chi connectivity index (χ1v) is 13.3. The molecular weight excluding hydrogens is 535 g/mol. The van der Waals surface area contributed by atoms with Crippen LogP contribution in [0.15, 0.2) is 84.9 Å². The Kier molecular flexibility index (Phi) is 7.98. The summed E-state index contributed by atoms with van der Waals surface area (Å²) in [5, 5.41) is 6.01. The minimum Gasteiger partial charge on any atom is -0.333 e. The number of rotatable bonds is 6. The van der Waals surface area contributed by atoms with Gasteiger partial charge in [0.15, 0.2) is 0 Å². The van der Waals surface area contributed by atoms with E-state index in [-0.39, 0.29) is 32.1 Å². The maximum atomic E-state index is 13.9. The summed E-state index contributed by atoms with van der Waals surface area (Å²) in [6, 6.07) is 21.5. The van der Waals surface area contributed by atoms with E-state index in [0.29, 0.717) is 17.7 Å². The van der Waals surface area contributed by atoms with Crippen LogP contribution in [-0.2, 0) is 28.9 Å². The Morgan fingerprint density at radius 2 is 1.59 bits per heavy atom. The van der Waals surface area contributed by atoms with Gasteiger partial charge in [0.2, 0.25) is 5.91 Å². The van der Waals surface area contributed by atoms with Crippen molar-refractivity contribution in [3.05, 3.63) is 107 Å². The molecule has 4 amide bonds. The van der Waals surface area contributed by atoms with Crippen LogP contribution in [0.1, 0.15) is 35.2 Å². The number of alkyl halides is 3. The van der Waals surface area contributed by atoms with Crippen LogP contribution in [0.4, 0.5) is 18.0 Å². The second-order valence-corrected chi connectivity index (χ2v) is 9.98. The smallest absolute Gasteiger partial charge is 0.333 e. The van der Waals surface area contributed by atoms with Crippen molar-refractivity contribution in [2.24, 2.45) is 0 Å². The quantitative estimate of drug-likeness (QED) is 0.481. The number of halogens is 3. The van der Waals surface area contributed by atoms with Crippen LogP contribution in [0.25, 0.3) is 0 Å². The number of likely N-dealkylation sites (N-methyl/N-ethyl adjacent to an activating group) is 1. The lowest BCUT2D eigenvalue weighted by Gasteiger charge is -2.55. The Morgan fingerprint density at radius 3 is 2.24 bits per heavy atom. The minimum absolute atomic E-state index is 0.0700. The van der Waals surface area contributed by atoms with Crippen molar-refractivity contribution in [1.29, 1.82) is 0 Å². The van der Waals surface area contributed by atoms with E-state index in [1.807, 2.05) is 37.3 Å². The van der Waals surface area contributed by atoms with E-state index < -0.39 is 35.9 Å². The first kappa shape index (κ1) is 28.2. The van der Waals surface area contributed by atoms with Gasteiger partial charge in [0.1, 0.15) is 12.2 Å². The lowest BCUT2D eigenvalue weighted by molar-refractivity contribution is -0.191. The number of nitrogens with one attached hydrogen (secondary N) is 1. The van der Waals surface area contributed by atoms with Gasteiger partial charge in [-0.2, -0.15) is 13.2 Å². The third-order valence-corrected chi connectivity index (χ3v) is 7.32. The van der Waals surface area contributed by atoms with Gasteiger partial charge in [-0.3, -0.25) is 9.59 Å². The molecule has 2 aliphatic heterocycles. The van der Waals surface area contributed by atoms with Crippen molar-refractivity contribution in [3.63, 3.8) is 0 Å². The van der Waals surface area contributed by atoms with E-state index in [9.17, 15) is 27.6 Å². The highest BCUT2D eigenvalue weighted by Gasteiger charge is 2.51. The number of nitrogens with zero attached hydrogens (tertiary/aromatic N) is 4. The zero-order valence-electron chi connectivity index (χ0n) is 22.4. The largest absolute Gasteiger partial charge is 0.416 e. The maximum Gasteiger partial charge on any atom is 0.416 e. The van der Waals surface area contributed by atoms with Crippen molar-refractivity contribution in [2.45, 2.75) is 38.4 Å². The van der Waals surface area contributed by atoms with Gasteiger partial charge in [0.25, 0.3) is 5.91 Å². The van der Waals surface area contributed by atoms with Gasteiger partial charge < -0.3 is 15.1 Å². The maximum absolute atomic E-state index is 13.9. The molecule has 3 aromatic carbocycles. The van der Waals surface area contributed by atoms with Gasteiger partial charge in [-0.25, -0.2) is 14.8 Å². The fraction of sp³-hybridized carbons (Fsp3) is 0.300. The molecule has 1 N–H and O–H groups in total. The number of amides is 4. The van der Waals surface area contributed by atoms with Gasteiger partial charge in [-0.15, -0.1) is 0 Å².